The molecule has 6 rings (SSSR count). The third-order valence-electron chi connectivity index (χ3n) is 6.16. The molecule has 6 aromatic heterocycles. The van der Waals surface area contributed by atoms with Crippen molar-refractivity contribution in [2.24, 2.45) is 0 Å². The van der Waals surface area contributed by atoms with Gasteiger partial charge in [0.2, 0.25) is 0 Å². The van der Waals surface area contributed by atoms with Crippen LogP contribution in [0, 0.1) is 41.5 Å². The molecule has 6 aromatic rings. The molecule has 0 fully saturated rings. The van der Waals surface area contributed by atoms with E-state index in [0.29, 0.717) is 0 Å². The second kappa shape index (κ2) is 12.8. The topological polar surface area (TPSA) is 87.2 Å². The van der Waals surface area contributed by atoms with Gasteiger partial charge in [-0.2, -0.15) is 10.2 Å². The third-order valence-corrected chi connectivity index (χ3v) is 6.16. The van der Waals surface area contributed by atoms with Crippen LogP contribution in [-0.2, 0) is 16.8 Å². The Bertz CT molecular complexity index is 1660. The first kappa shape index (κ1) is 29.5. The van der Waals surface area contributed by atoms with Crippen LogP contribution in [0.1, 0.15) is 33.4 Å². The normalized spacial score (nSPS) is 10.5. The maximum absolute atomic E-state index is 4.67. The fourth-order valence-corrected chi connectivity index (χ4v) is 4.22. The predicted molar refractivity (Wildman–Crippen MR) is 158 cm³/mol. The largest absolute Gasteiger partial charge is 2.00 e. The number of nitrogens with zero attached hydrogens (tertiary/aromatic N) is 8. The van der Waals surface area contributed by atoms with Crippen molar-refractivity contribution in [1.29, 1.82) is 0 Å². The van der Waals surface area contributed by atoms with E-state index in [1.807, 2.05) is 99.6 Å². The van der Waals surface area contributed by atoms with Gasteiger partial charge in [0, 0.05) is 24.8 Å². The van der Waals surface area contributed by atoms with E-state index in [4.69, 9.17) is 0 Å². The molecule has 0 amide bonds. The van der Waals surface area contributed by atoms with Gasteiger partial charge in [0.05, 0.1) is 35.2 Å². The molecule has 9 heteroatoms. The second-order valence-corrected chi connectivity index (χ2v) is 10.1. The third kappa shape index (κ3) is 7.39. The average Bonchev–Trinajstić information content (AvgIpc) is 3.57. The van der Waals surface area contributed by atoms with E-state index in [-0.39, 0.29) is 16.8 Å². The Labute approximate surface area is 250 Å². The van der Waals surface area contributed by atoms with Crippen LogP contribution >= 0.6 is 0 Å². The van der Waals surface area contributed by atoms with Crippen LogP contribution in [0.2, 0.25) is 0 Å². The molecule has 0 aliphatic heterocycles. The zero-order valence-electron chi connectivity index (χ0n) is 24.0. The van der Waals surface area contributed by atoms with Crippen molar-refractivity contribution in [1.82, 2.24) is 39.5 Å². The Morgan fingerprint density at radius 3 is 1.20 bits per heavy atom. The summed E-state index contributed by atoms with van der Waals surface area (Å²) in [4.78, 5) is 18.1. The molecule has 0 atom stereocenters. The van der Waals surface area contributed by atoms with E-state index in [1.54, 1.807) is 9.36 Å². The van der Waals surface area contributed by atoms with Gasteiger partial charge in [-0.05, 0) is 123 Å². The van der Waals surface area contributed by atoms with Crippen molar-refractivity contribution in [3.63, 3.8) is 0 Å². The van der Waals surface area contributed by atoms with Gasteiger partial charge in [-0.25, -0.2) is 19.3 Å². The van der Waals surface area contributed by atoms with Crippen LogP contribution in [0.3, 0.4) is 0 Å². The molecule has 0 N–H and O–H groups in total. The Morgan fingerprint density at radius 2 is 0.854 bits per heavy atom. The van der Waals surface area contributed by atoms with E-state index in [9.17, 15) is 0 Å². The molecule has 0 aliphatic rings. The zero-order chi connectivity index (χ0) is 28.2. The molecule has 207 valence electrons. The Kier molecular flexibility index (Phi) is 9.21. The number of rotatable bonds is 4. The van der Waals surface area contributed by atoms with Crippen LogP contribution in [0.25, 0.3) is 34.4 Å². The molecular weight excluding hydrogens is 555 g/mol. The van der Waals surface area contributed by atoms with Crippen molar-refractivity contribution in [3.8, 4) is 34.4 Å². The van der Waals surface area contributed by atoms with Crippen LogP contribution < -0.4 is 0 Å². The summed E-state index contributed by atoms with van der Waals surface area (Å²) in [7, 11) is 0. The predicted octanol–water partition coefficient (Wildman–Crippen LogP) is 6.51. The van der Waals surface area contributed by atoms with E-state index < -0.39 is 0 Å². The number of hydrogen-bond donors (Lipinski definition) is 0. The molecule has 0 spiro atoms. The Hall–Kier alpha value is -4.47. The minimum absolute atomic E-state index is 0. The van der Waals surface area contributed by atoms with Crippen molar-refractivity contribution in [2.75, 3.05) is 0 Å². The summed E-state index contributed by atoms with van der Waals surface area (Å²) in [5.74, 6) is 1.63. The molecule has 6 heterocycles. The summed E-state index contributed by atoms with van der Waals surface area (Å²) >= 11 is 0. The summed E-state index contributed by atoms with van der Waals surface area (Å²) in [5, 5.41) is 8.63. The number of pyridine rings is 4. The van der Waals surface area contributed by atoms with Crippen LogP contribution in [0.15, 0.2) is 85.7 Å². The van der Waals surface area contributed by atoms with Crippen LogP contribution in [-0.4, -0.2) is 39.5 Å². The fourth-order valence-electron chi connectivity index (χ4n) is 4.22. The molecule has 0 aliphatic carbocycles. The van der Waals surface area contributed by atoms with Gasteiger partial charge in [0.25, 0.3) is 0 Å². The van der Waals surface area contributed by atoms with Crippen molar-refractivity contribution >= 4 is 0 Å². The first-order chi connectivity index (χ1) is 19.2. The molecule has 0 aromatic carbocycles. The van der Waals surface area contributed by atoms with Gasteiger partial charge in [-0.15, -0.1) is 0 Å². The number of hydrogen-bond acceptors (Lipinski definition) is 6. The van der Waals surface area contributed by atoms with Crippen LogP contribution in [0.4, 0.5) is 0 Å². The van der Waals surface area contributed by atoms with E-state index in [1.165, 1.54) is 11.1 Å². The summed E-state index contributed by atoms with van der Waals surface area (Å²) < 4.78 is 3.59. The van der Waals surface area contributed by atoms with Crippen molar-refractivity contribution in [3.05, 3.63) is 119 Å². The fraction of sp³-hybridized carbons (Fsp3) is 0.188. The minimum Gasteiger partial charge on any atom is -0.255 e. The second-order valence-electron chi connectivity index (χ2n) is 10.1. The molecule has 0 saturated heterocycles. The Balaban J connectivity index is 0.000000184. The van der Waals surface area contributed by atoms with Crippen LogP contribution in [0.5, 0.6) is 0 Å². The number of aromatic nitrogens is 8. The van der Waals surface area contributed by atoms with Crippen molar-refractivity contribution in [2.45, 2.75) is 41.5 Å². The first-order valence-corrected chi connectivity index (χ1v) is 13.1. The zero-order valence-corrected chi connectivity index (χ0v) is 25.0. The van der Waals surface area contributed by atoms with Gasteiger partial charge in [0.1, 0.15) is 0 Å². The molecule has 0 bridgehead atoms. The van der Waals surface area contributed by atoms with E-state index in [2.05, 4.69) is 57.8 Å². The molecule has 0 saturated carbocycles. The average molecular weight is 588 g/mol. The van der Waals surface area contributed by atoms with Gasteiger partial charge in [-0.3, -0.25) is 9.97 Å². The summed E-state index contributed by atoms with van der Waals surface area (Å²) in [6, 6.07) is 16.2. The summed E-state index contributed by atoms with van der Waals surface area (Å²) in [6.45, 7) is 12.3. The monoisotopic (exact) mass is 587 g/mol. The molecule has 0 unspecified atom stereocenters. The Morgan fingerprint density at radius 1 is 0.463 bits per heavy atom. The molecule has 8 nitrogen and oxygen atoms in total. The van der Waals surface area contributed by atoms with E-state index >= 15 is 0 Å². The van der Waals surface area contributed by atoms with Gasteiger partial charge >= 0.3 is 16.8 Å². The standard InChI is InChI=1S/2C16H16N4.Co/c2*1-11-4-5-17-14(6-11)15-7-12(2)8-16(19-15)20-10-13(3)9-18-20;/h2*4-10H,1-3H3;/q;;+2. The maximum atomic E-state index is 4.67. The number of aryl methyl sites for hydroxylation is 6. The molecule has 41 heavy (non-hydrogen) atoms. The first-order valence-electron chi connectivity index (χ1n) is 13.1. The maximum Gasteiger partial charge on any atom is 2.00 e. The minimum atomic E-state index is 0. The molecule has 1 radical (unpaired) electrons. The van der Waals surface area contributed by atoms with Crippen molar-refractivity contribution < 1.29 is 16.8 Å². The smallest absolute Gasteiger partial charge is 0.255 e. The summed E-state index contributed by atoms with van der Waals surface area (Å²) in [6.07, 6.45) is 11.2. The van der Waals surface area contributed by atoms with Gasteiger partial charge in [-0.1, -0.05) is 0 Å². The van der Waals surface area contributed by atoms with E-state index in [0.717, 1.165) is 56.7 Å². The molecular formula is C32H32CoN8+2. The van der Waals surface area contributed by atoms with Gasteiger partial charge < -0.3 is 0 Å². The van der Waals surface area contributed by atoms with Gasteiger partial charge in [0.15, 0.2) is 11.6 Å². The SMILES string of the molecule is Cc1ccnc(-c2cc(C)cc(-n3cc(C)cn3)n2)c1.Cc1ccnc(-c2cc(C)cc(-n3cc(C)cn3)n2)c1.[Co+2]. The summed E-state index contributed by atoms with van der Waals surface area (Å²) in [5.41, 5.74) is 10.4. The quantitative estimate of drug-likeness (QED) is 0.234.